The fraction of sp³-hybridized carbons (Fsp3) is 0.294. The predicted molar refractivity (Wildman–Crippen MR) is 83.1 cm³/mol. The molecule has 0 aliphatic heterocycles. The number of para-hydroxylation sites is 1. The number of carbonyl (C=O) groups excluding carboxylic acids is 2. The molecular weight excluding hydrogens is 298 g/mol. The highest BCUT2D eigenvalue weighted by atomic mass is 16.5. The van der Waals surface area contributed by atoms with Crippen molar-refractivity contribution in [3.63, 3.8) is 0 Å². The lowest BCUT2D eigenvalue weighted by Crippen LogP contribution is -2.24. The van der Waals surface area contributed by atoms with Gasteiger partial charge in [-0.1, -0.05) is 18.2 Å². The molecule has 0 radical (unpaired) electrons. The lowest BCUT2D eigenvalue weighted by molar-refractivity contribution is -0.145. The van der Waals surface area contributed by atoms with Gasteiger partial charge in [0.2, 0.25) is 0 Å². The molecule has 1 N–H and O–H groups in total. The second-order valence-electron chi connectivity index (χ2n) is 4.81. The fourth-order valence-corrected chi connectivity index (χ4v) is 1.98. The first kappa shape index (κ1) is 16.6. The first-order chi connectivity index (χ1) is 11.2. The molecule has 0 unspecified atom stereocenters. The first-order valence-corrected chi connectivity index (χ1v) is 7.30. The number of benzene rings is 1. The summed E-state index contributed by atoms with van der Waals surface area (Å²) in [7, 11) is 1.57. The average Bonchev–Trinajstić information content (AvgIpc) is 3.11. The molecule has 1 amide bonds. The van der Waals surface area contributed by atoms with Gasteiger partial charge in [-0.3, -0.25) is 9.59 Å². The van der Waals surface area contributed by atoms with Gasteiger partial charge >= 0.3 is 5.97 Å². The predicted octanol–water partition coefficient (Wildman–Crippen LogP) is 2.54. The lowest BCUT2D eigenvalue weighted by atomic mass is 10.2. The van der Waals surface area contributed by atoms with Gasteiger partial charge in [0, 0.05) is 18.5 Å². The number of ether oxygens (including phenoxy) is 2. The number of furan rings is 1. The molecule has 0 saturated carbocycles. The van der Waals surface area contributed by atoms with Crippen molar-refractivity contribution in [2.24, 2.45) is 0 Å². The van der Waals surface area contributed by atoms with Crippen LogP contribution in [0.5, 0.6) is 5.75 Å². The van der Waals surface area contributed by atoms with Gasteiger partial charge in [0.15, 0.2) is 5.76 Å². The Bertz CT molecular complexity index is 636. The van der Waals surface area contributed by atoms with Crippen molar-refractivity contribution in [3.05, 3.63) is 54.0 Å². The van der Waals surface area contributed by atoms with E-state index in [1.54, 1.807) is 19.2 Å². The molecule has 6 heteroatoms. The van der Waals surface area contributed by atoms with Crippen molar-refractivity contribution in [2.75, 3.05) is 13.7 Å². The molecule has 1 heterocycles. The molecule has 1 aromatic carbocycles. The third-order valence-electron chi connectivity index (χ3n) is 3.17. The van der Waals surface area contributed by atoms with Gasteiger partial charge in [0.25, 0.3) is 5.91 Å². The molecule has 0 saturated heterocycles. The maximum Gasteiger partial charge on any atom is 0.306 e. The molecule has 0 atom stereocenters. The summed E-state index contributed by atoms with van der Waals surface area (Å²) in [5.74, 6) is 0.329. The standard InChI is InChI=1S/C17H19NO5/c1-21-14-7-3-2-6-13(14)12-23-16(19)9-4-10-18-17(20)15-8-5-11-22-15/h2-3,5-8,11H,4,9-10,12H2,1H3,(H,18,20). The number of carbonyl (C=O) groups is 2. The van der Waals surface area contributed by atoms with E-state index in [0.29, 0.717) is 18.7 Å². The highest BCUT2D eigenvalue weighted by Crippen LogP contribution is 2.18. The third kappa shape index (κ3) is 5.18. The van der Waals surface area contributed by atoms with Crippen LogP contribution in [-0.2, 0) is 16.1 Å². The number of esters is 1. The highest BCUT2D eigenvalue weighted by molar-refractivity contribution is 5.91. The van der Waals surface area contributed by atoms with E-state index in [2.05, 4.69) is 5.32 Å². The minimum Gasteiger partial charge on any atom is -0.496 e. The summed E-state index contributed by atoms with van der Waals surface area (Å²) < 4.78 is 15.4. The van der Waals surface area contributed by atoms with Crippen LogP contribution in [0.3, 0.4) is 0 Å². The van der Waals surface area contributed by atoms with Crippen LogP contribution < -0.4 is 10.1 Å². The second-order valence-corrected chi connectivity index (χ2v) is 4.81. The second kappa shape index (κ2) is 8.63. The van der Waals surface area contributed by atoms with Gasteiger partial charge in [-0.15, -0.1) is 0 Å². The van der Waals surface area contributed by atoms with Crippen molar-refractivity contribution in [1.82, 2.24) is 5.32 Å². The molecule has 23 heavy (non-hydrogen) atoms. The van der Waals surface area contributed by atoms with E-state index in [4.69, 9.17) is 13.9 Å². The summed E-state index contributed by atoms with van der Waals surface area (Å²) in [6, 6.07) is 10.6. The van der Waals surface area contributed by atoms with E-state index in [-0.39, 0.29) is 30.7 Å². The van der Waals surface area contributed by atoms with Crippen molar-refractivity contribution in [2.45, 2.75) is 19.4 Å². The van der Waals surface area contributed by atoms with Gasteiger partial charge in [0.1, 0.15) is 12.4 Å². The molecule has 0 aliphatic rings. The maximum atomic E-state index is 11.7. The van der Waals surface area contributed by atoms with Crippen LogP contribution in [0.2, 0.25) is 0 Å². The van der Waals surface area contributed by atoms with Crippen molar-refractivity contribution in [1.29, 1.82) is 0 Å². The number of methoxy groups -OCH3 is 1. The maximum absolute atomic E-state index is 11.7. The first-order valence-electron chi connectivity index (χ1n) is 7.30. The van der Waals surface area contributed by atoms with Crippen LogP contribution in [0.15, 0.2) is 47.1 Å². The lowest BCUT2D eigenvalue weighted by Gasteiger charge is -2.09. The number of rotatable bonds is 8. The Morgan fingerprint density at radius 1 is 1.17 bits per heavy atom. The molecule has 0 fully saturated rings. The third-order valence-corrected chi connectivity index (χ3v) is 3.17. The average molecular weight is 317 g/mol. The van der Waals surface area contributed by atoms with E-state index < -0.39 is 0 Å². The minimum atomic E-state index is -0.317. The molecule has 6 nitrogen and oxygen atoms in total. The largest absolute Gasteiger partial charge is 0.496 e. The fourth-order valence-electron chi connectivity index (χ4n) is 1.98. The molecule has 1 aromatic heterocycles. The topological polar surface area (TPSA) is 77.8 Å². The Balaban J connectivity index is 1.64. The Hall–Kier alpha value is -2.76. The van der Waals surface area contributed by atoms with Gasteiger partial charge in [0.05, 0.1) is 13.4 Å². The zero-order chi connectivity index (χ0) is 16.5. The van der Waals surface area contributed by atoms with Crippen LogP contribution in [0.25, 0.3) is 0 Å². The number of hydrogen-bond acceptors (Lipinski definition) is 5. The molecule has 2 rings (SSSR count). The zero-order valence-corrected chi connectivity index (χ0v) is 12.9. The minimum absolute atomic E-state index is 0.168. The van der Waals surface area contributed by atoms with Gasteiger partial charge in [-0.2, -0.15) is 0 Å². The van der Waals surface area contributed by atoms with E-state index in [1.165, 1.54) is 6.26 Å². The quantitative estimate of drug-likeness (QED) is 0.598. The van der Waals surface area contributed by atoms with Gasteiger partial charge in [-0.05, 0) is 24.6 Å². The monoisotopic (exact) mass is 317 g/mol. The Labute approximate surface area is 134 Å². The molecule has 122 valence electrons. The van der Waals surface area contributed by atoms with E-state index in [0.717, 1.165) is 5.56 Å². The number of nitrogens with one attached hydrogen (secondary N) is 1. The molecular formula is C17H19NO5. The van der Waals surface area contributed by atoms with Crippen molar-refractivity contribution in [3.8, 4) is 5.75 Å². The van der Waals surface area contributed by atoms with Crippen LogP contribution in [0.4, 0.5) is 0 Å². The summed E-state index contributed by atoms with van der Waals surface area (Å²) in [5, 5.41) is 2.67. The normalized spacial score (nSPS) is 10.1. The van der Waals surface area contributed by atoms with E-state index >= 15 is 0 Å². The van der Waals surface area contributed by atoms with E-state index in [9.17, 15) is 9.59 Å². The molecule has 0 aliphatic carbocycles. The summed E-state index contributed by atoms with van der Waals surface area (Å²) in [6.45, 7) is 0.547. The van der Waals surface area contributed by atoms with Crippen molar-refractivity contribution < 1.29 is 23.5 Å². The zero-order valence-electron chi connectivity index (χ0n) is 12.9. The molecule has 0 spiro atoms. The Morgan fingerprint density at radius 2 is 2.00 bits per heavy atom. The van der Waals surface area contributed by atoms with Gasteiger partial charge < -0.3 is 19.2 Å². The van der Waals surface area contributed by atoms with Gasteiger partial charge in [-0.25, -0.2) is 0 Å². The number of hydrogen-bond donors (Lipinski definition) is 1. The summed E-state index contributed by atoms with van der Waals surface area (Å²) in [5.41, 5.74) is 0.814. The Kier molecular flexibility index (Phi) is 6.23. The Morgan fingerprint density at radius 3 is 2.74 bits per heavy atom. The molecule has 2 aromatic rings. The number of amides is 1. The van der Waals surface area contributed by atoms with Crippen LogP contribution >= 0.6 is 0 Å². The highest BCUT2D eigenvalue weighted by Gasteiger charge is 2.09. The van der Waals surface area contributed by atoms with Crippen LogP contribution in [-0.4, -0.2) is 25.5 Å². The summed E-state index contributed by atoms with van der Waals surface area (Å²) in [6.07, 6.45) is 2.16. The SMILES string of the molecule is COc1ccccc1COC(=O)CCCNC(=O)c1ccco1. The summed E-state index contributed by atoms with van der Waals surface area (Å²) in [4.78, 5) is 23.3. The van der Waals surface area contributed by atoms with Crippen LogP contribution in [0.1, 0.15) is 29.0 Å². The van der Waals surface area contributed by atoms with Crippen molar-refractivity contribution >= 4 is 11.9 Å². The van der Waals surface area contributed by atoms with E-state index in [1.807, 2.05) is 24.3 Å². The molecule has 0 bridgehead atoms. The summed E-state index contributed by atoms with van der Waals surface area (Å²) >= 11 is 0. The van der Waals surface area contributed by atoms with Crippen LogP contribution in [0, 0.1) is 0 Å². The smallest absolute Gasteiger partial charge is 0.306 e.